The first-order valence-electron chi connectivity index (χ1n) is 4.81. The lowest BCUT2D eigenvalue weighted by Crippen LogP contribution is -2.09. The lowest BCUT2D eigenvalue weighted by Gasteiger charge is -2.08. The van der Waals surface area contributed by atoms with E-state index >= 15 is 0 Å². The van der Waals surface area contributed by atoms with Crippen LogP contribution in [0.2, 0.25) is 5.02 Å². The van der Waals surface area contributed by atoms with Gasteiger partial charge in [0.2, 0.25) is 5.91 Å². The summed E-state index contributed by atoms with van der Waals surface area (Å²) in [5, 5.41) is 3.40. The minimum Gasteiger partial charge on any atom is -0.321 e. The van der Waals surface area contributed by atoms with Gasteiger partial charge in [-0.3, -0.25) is 4.79 Å². The summed E-state index contributed by atoms with van der Waals surface area (Å²) in [6.45, 7) is 5.66. The van der Waals surface area contributed by atoms with E-state index < -0.39 is 0 Å². The Morgan fingerprint density at radius 2 is 2.06 bits per heavy atom. The molecule has 2 nitrogen and oxygen atoms in total. The average Bonchev–Trinajstić information content (AvgIpc) is 2.12. The molecule has 0 heterocycles. The van der Waals surface area contributed by atoms with Crippen molar-refractivity contribution in [2.75, 3.05) is 5.32 Å². The Labute approximate surface area is 109 Å². The van der Waals surface area contributed by atoms with Crippen molar-refractivity contribution in [2.45, 2.75) is 20.8 Å². The molecule has 1 rings (SSSR count). The molecule has 0 fully saturated rings. The normalized spacial score (nSPS) is 9.81. The van der Waals surface area contributed by atoms with E-state index in [9.17, 15) is 4.79 Å². The van der Waals surface area contributed by atoms with Crippen LogP contribution in [-0.2, 0) is 4.79 Å². The van der Waals surface area contributed by atoms with Crippen LogP contribution in [0.4, 0.5) is 5.69 Å². The Kier molecular flexibility index (Phi) is 4.56. The van der Waals surface area contributed by atoms with Gasteiger partial charge in [0.25, 0.3) is 0 Å². The van der Waals surface area contributed by atoms with Crippen molar-refractivity contribution in [3.05, 3.63) is 38.8 Å². The fourth-order valence-electron chi connectivity index (χ4n) is 1.17. The molecule has 86 valence electrons. The summed E-state index contributed by atoms with van der Waals surface area (Å²) in [6, 6.07) is 3.61. The van der Waals surface area contributed by atoms with Gasteiger partial charge in [-0.1, -0.05) is 17.2 Å². The van der Waals surface area contributed by atoms with Crippen molar-refractivity contribution >= 4 is 39.1 Å². The van der Waals surface area contributed by atoms with Gasteiger partial charge in [0.1, 0.15) is 0 Å². The van der Waals surface area contributed by atoms with Crippen LogP contribution in [0.15, 0.2) is 28.3 Å². The van der Waals surface area contributed by atoms with Gasteiger partial charge >= 0.3 is 0 Å². The molecule has 0 spiro atoms. The summed E-state index contributed by atoms with van der Waals surface area (Å²) in [4.78, 5) is 11.5. The van der Waals surface area contributed by atoms with Crippen LogP contribution in [0, 0.1) is 6.92 Å². The Balaban J connectivity index is 2.94. The quantitative estimate of drug-likeness (QED) is 0.810. The van der Waals surface area contributed by atoms with Crippen LogP contribution in [0.25, 0.3) is 0 Å². The number of nitrogens with one attached hydrogen (secondary N) is 1. The summed E-state index contributed by atoms with van der Waals surface area (Å²) in [5.74, 6) is -0.152. The largest absolute Gasteiger partial charge is 0.321 e. The Morgan fingerprint density at radius 1 is 1.44 bits per heavy atom. The number of rotatable bonds is 2. The van der Waals surface area contributed by atoms with Crippen LogP contribution in [0.1, 0.15) is 19.4 Å². The summed E-state index contributed by atoms with van der Waals surface area (Å²) in [5.41, 5.74) is 2.60. The molecule has 0 aliphatic rings. The summed E-state index contributed by atoms with van der Waals surface area (Å²) in [6.07, 6.45) is 1.54. The first-order chi connectivity index (χ1) is 7.40. The summed E-state index contributed by atoms with van der Waals surface area (Å²) < 4.78 is 0.824. The summed E-state index contributed by atoms with van der Waals surface area (Å²) in [7, 11) is 0. The molecule has 4 heteroatoms. The van der Waals surface area contributed by atoms with Crippen LogP contribution < -0.4 is 5.32 Å². The van der Waals surface area contributed by atoms with Crippen molar-refractivity contribution in [1.29, 1.82) is 0 Å². The molecule has 0 bridgehead atoms. The second kappa shape index (κ2) is 5.51. The van der Waals surface area contributed by atoms with Gasteiger partial charge in [-0.05, 0) is 54.4 Å². The molecular weight excluding hydrogens is 289 g/mol. The van der Waals surface area contributed by atoms with E-state index in [2.05, 4.69) is 21.2 Å². The van der Waals surface area contributed by atoms with E-state index in [1.165, 1.54) is 0 Å². The number of halogens is 2. The molecule has 0 unspecified atom stereocenters. The average molecular weight is 303 g/mol. The van der Waals surface area contributed by atoms with Gasteiger partial charge in [-0.15, -0.1) is 0 Å². The molecule has 0 aliphatic carbocycles. The van der Waals surface area contributed by atoms with Crippen molar-refractivity contribution < 1.29 is 4.79 Å². The number of hydrogen-bond acceptors (Lipinski definition) is 1. The maximum absolute atomic E-state index is 11.5. The third-order valence-electron chi connectivity index (χ3n) is 1.93. The van der Waals surface area contributed by atoms with E-state index in [-0.39, 0.29) is 5.91 Å². The van der Waals surface area contributed by atoms with E-state index in [1.54, 1.807) is 12.1 Å². The molecule has 1 aromatic rings. The predicted octanol–water partition coefficient (Wildman–Crippen LogP) is 4.32. The molecule has 16 heavy (non-hydrogen) atoms. The topological polar surface area (TPSA) is 29.1 Å². The molecule has 0 saturated heterocycles. The van der Waals surface area contributed by atoms with E-state index in [4.69, 9.17) is 11.6 Å². The number of amides is 1. The SMILES string of the molecule is CC(C)=CC(=O)Nc1cc(Cl)c(C)cc1Br. The number of aryl methyl sites for hydroxylation is 1. The van der Waals surface area contributed by atoms with Crippen LogP contribution >= 0.6 is 27.5 Å². The monoisotopic (exact) mass is 301 g/mol. The smallest absolute Gasteiger partial charge is 0.248 e. The third kappa shape index (κ3) is 3.65. The van der Waals surface area contributed by atoms with Gasteiger partial charge in [-0.2, -0.15) is 0 Å². The van der Waals surface area contributed by atoms with E-state index in [0.717, 1.165) is 15.6 Å². The zero-order valence-corrected chi connectivity index (χ0v) is 11.7. The van der Waals surface area contributed by atoms with Crippen molar-refractivity contribution in [3.63, 3.8) is 0 Å². The minimum absolute atomic E-state index is 0.152. The van der Waals surface area contributed by atoms with E-state index in [1.807, 2.05) is 26.8 Å². The molecule has 0 radical (unpaired) electrons. The maximum atomic E-state index is 11.5. The maximum Gasteiger partial charge on any atom is 0.248 e. The highest BCUT2D eigenvalue weighted by Gasteiger charge is 2.06. The van der Waals surface area contributed by atoms with Gasteiger partial charge in [-0.25, -0.2) is 0 Å². The zero-order chi connectivity index (χ0) is 12.3. The summed E-state index contributed by atoms with van der Waals surface area (Å²) >= 11 is 9.37. The number of carbonyl (C=O) groups excluding carboxylic acids is 1. The first-order valence-corrected chi connectivity index (χ1v) is 5.99. The van der Waals surface area contributed by atoms with Crippen LogP contribution in [0.5, 0.6) is 0 Å². The molecule has 1 N–H and O–H groups in total. The molecule has 0 atom stereocenters. The standard InChI is InChI=1S/C12H13BrClNO/c1-7(2)4-12(16)15-11-6-10(14)8(3)5-9(11)13/h4-6H,1-3H3,(H,15,16). The number of anilines is 1. The number of hydrogen-bond donors (Lipinski definition) is 1. The number of carbonyl (C=O) groups is 1. The zero-order valence-electron chi connectivity index (χ0n) is 9.40. The Morgan fingerprint density at radius 3 is 2.62 bits per heavy atom. The molecule has 0 saturated carbocycles. The Bertz CT molecular complexity index is 451. The van der Waals surface area contributed by atoms with Crippen LogP contribution in [0.3, 0.4) is 0 Å². The van der Waals surface area contributed by atoms with Gasteiger partial charge < -0.3 is 5.32 Å². The lowest BCUT2D eigenvalue weighted by atomic mass is 10.2. The van der Waals surface area contributed by atoms with E-state index in [0.29, 0.717) is 10.7 Å². The van der Waals surface area contributed by atoms with Gasteiger partial charge in [0.15, 0.2) is 0 Å². The molecule has 1 aromatic carbocycles. The molecule has 0 aromatic heterocycles. The minimum atomic E-state index is -0.152. The Hall–Kier alpha value is -0.800. The fourth-order valence-corrected chi connectivity index (χ4v) is 1.89. The highest BCUT2D eigenvalue weighted by molar-refractivity contribution is 9.10. The van der Waals surface area contributed by atoms with Crippen LogP contribution in [-0.4, -0.2) is 5.91 Å². The van der Waals surface area contributed by atoms with Crippen molar-refractivity contribution in [1.82, 2.24) is 0 Å². The third-order valence-corrected chi connectivity index (χ3v) is 2.99. The predicted molar refractivity (Wildman–Crippen MR) is 71.9 cm³/mol. The molecule has 0 aliphatic heterocycles. The molecular formula is C12H13BrClNO. The fraction of sp³-hybridized carbons (Fsp3) is 0.250. The lowest BCUT2D eigenvalue weighted by molar-refractivity contribution is -0.111. The van der Waals surface area contributed by atoms with Crippen molar-refractivity contribution in [2.24, 2.45) is 0 Å². The van der Waals surface area contributed by atoms with Gasteiger partial charge in [0, 0.05) is 15.6 Å². The highest BCUT2D eigenvalue weighted by Crippen LogP contribution is 2.29. The number of allylic oxidation sites excluding steroid dienone is 1. The van der Waals surface area contributed by atoms with Crippen molar-refractivity contribution in [3.8, 4) is 0 Å². The molecule has 1 amide bonds. The highest BCUT2D eigenvalue weighted by atomic mass is 79.9. The van der Waals surface area contributed by atoms with Gasteiger partial charge in [0.05, 0.1) is 5.69 Å². The second-order valence-corrected chi connectivity index (χ2v) is 5.05. The number of benzene rings is 1. The first kappa shape index (κ1) is 13.3. The second-order valence-electron chi connectivity index (χ2n) is 3.79.